The first-order valence-electron chi connectivity index (χ1n) is 7.22. The van der Waals surface area contributed by atoms with Crippen molar-refractivity contribution in [2.45, 2.75) is 51.4 Å². The third kappa shape index (κ3) is 3.45. The maximum atomic E-state index is 8.92. The number of rotatable bonds is 3. The van der Waals surface area contributed by atoms with Gasteiger partial charge in [-0.2, -0.15) is 5.26 Å². The largest absolute Gasteiger partial charge is 0.384 e. The number of hydrogen-bond acceptors (Lipinski definition) is 2. The van der Waals surface area contributed by atoms with E-state index in [2.05, 4.69) is 6.07 Å². The molecule has 0 N–H and O–H groups in total. The summed E-state index contributed by atoms with van der Waals surface area (Å²) in [6.07, 6.45) is 10.4. The monoisotopic (exact) mass is 235 g/mol. The van der Waals surface area contributed by atoms with Gasteiger partial charge in [-0.15, -0.1) is 0 Å². The number of nitrogens with zero attached hydrogens (tertiary/aromatic N) is 1. The van der Waals surface area contributed by atoms with E-state index in [4.69, 9.17) is 10.00 Å². The van der Waals surface area contributed by atoms with Crippen molar-refractivity contribution in [3.8, 4) is 6.07 Å². The summed E-state index contributed by atoms with van der Waals surface area (Å²) in [4.78, 5) is 0. The minimum atomic E-state index is 0.357. The van der Waals surface area contributed by atoms with E-state index >= 15 is 0 Å². The molecule has 2 aliphatic carbocycles. The Balaban J connectivity index is 1.72. The lowest BCUT2D eigenvalue weighted by Crippen LogP contribution is -2.26. The molecule has 96 valence electrons. The van der Waals surface area contributed by atoms with Gasteiger partial charge in [-0.1, -0.05) is 0 Å². The van der Waals surface area contributed by atoms with Crippen molar-refractivity contribution in [3.05, 3.63) is 0 Å². The first-order valence-corrected chi connectivity index (χ1v) is 7.22. The van der Waals surface area contributed by atoms with Crippen LogP contribution in [0.4, 0.5) is 0 Å². The van der Waals surface area contributed by atoms with Crippen molar-refractivity contribution in [2.24, 2.45) is 23.7 Å². The Hall–Kier alpha value is -0.550. The number of nitriles is 1. The van der Waals surface area contributed by atoms with Crippen molar-refractivity contribution in [1.82, 2.24) is 0 Å². The molecule has 0 aliphatic heterocycles. The van der Waals surface area contributed by atoms with E-state index in [1.54, 1.807) is 0 Å². The lowest BCUT2D eigenvalue weighted by molar-refractivity contribution is 0.0960. The van der Waals surface area contributed by atoms with Gasteiger partial charge in [0, 0.05) is 19.6 Å². The molecule has 2 aliphatic rings. The maximum Gasteiger partial charge on any atom is 0.0655 e. The Labute approximate surface area is 105 Å². The fourth-order valence-electron chi connectivity index (χ4n) is 3.78. The van der Waals surface area contributed by atoms with Gasteiger partial charge in [0.05, 0.1) is 6.07 Å². The lowest BCUT2D eigenvalue weighted by Gasteiger charge is -2.36. The van der Waals surface area contributed by atoms with Gasteiger partial charge in [0.15, 0.2) is 0 Å². The van der Waals surface area contributed by atoms with E-state index in [1.807, 2.05) is 7.11 Å². The van der Waals surface area contributed by atoms with E-state index < -0.39 is 0 Å². The van der Waals surface area contributed by atoms with Crippen molar-refractivity contribution in [1.29, 1.82) is 5.26 Å². The molecule has 2 rings (SSSR count). The summed E-state index contributed by atoms with van der Waals surface area (Å²) in [5, 5.41) is 8.92. The van der Waals surface area contributed by atoms with Crippen LogP contribution in [-0.4, -0.2) is 13.7 Å². The van der Waals surface area contributed by atoms with Crippen molar-refractivity contribution in [2.75, 3.05) is 13.7 Å². The van der Waals surface area contributed by atoms with Gasteiger partial charge in [0.25, 0.3) is 0 Å². The van der Waals surface area contributed by atoms with E-state index in [0.717, 1.165) is 37.2 Å². The molecular weight excluding hydrogens is 210 g/mol. The molecule has 17 heavy (non-hydrogen) atoms. The zero-order valence-electron chi connectivity index (χ0n) is 11.0. The minimum Gasteiger partial charge on any atom is -0.384 e. The highest BCUT2D eigenvalue weighted by atomic mass is 16.5. The Morgan fingerprint density at radius 3 is 1.94 bits per heavy atom. The van der Waals surface area contributed by atoms with Crippen molar-refractivity contribution >= 4 is 0 Å². The van der Waals surface area contributed by atoms with Crippen LogP contribution in [0.3, 0.4) is 0 Å². The number of ether oxygens (including phenoxy) is 1. The van der Waals surface area contributed by atoms with E-state index in [-0.39, 0.29) is 0 Å². The molecule has 0 spiro atoms. The molecule has 0 unspecified atom stereocenters. The topological polar surface area (TPSA) is 33.0 Å². The molecule has 0 aromatic rings. The fraction of sp³-hybridized carbons (Fsp3) is 0.933. The number of methoxy groups -OCH3 is 1. The summed E-state index contributed by atoms with van der Waals surface area (Å²) in [5.74, 6) is 3.04. The highest BCUT2D eigenvalue weighted by Gasteiger charge is 2.30. The Morgan fingerprint density at radius 2 is 1.47 bits per heavy atom. The van der Waals surface area contributed by atoms with E-state index in [1.165, 1.54) is 38.5 Å². The van der Waals surface area contributed by atoms with Crippen LogP contribution >= 0.6 is 0 Å². The van der Waals surface area contributed by atoms with Crippen LogP contribution in [0.15, 0.2) is 0 Å². The molecule has 0 bridgehead atoms. The molecule has 0 saturated heterocycles. The molecule has 0 aromatic carbocycles. The molecule has 0 atom stereocenters. The SMILES string of the molecule is COCC1CCC(C2CCC(C#N)CC2)CC1. The van der Waals surface area contributed by atoms with Crippen molar-refractivity contribution in [3.63, 3.8) is 0 Å². The van der Waals surface area contributed by atoms with Gasteiger partial charge in [0.2, 0.25) is 0 Å². The summed E-state index contributed by atoms with van der Waals surface area (Å²) in [6, 6.07) is 2.43. The maximum absolute atomic E-state index is 8.92. The average Bonchev–Trinajstić information content (AvgIpc) is 2.40. The first kappa shape index (κ1) is 12.9. The normalized spacial score (nSPS) is 38.6. The summed E-state index contributed by atoms with van der Waals surface area (Å²) in [5.41, 5.74) is 0. The van der Waals surface area contributed by atoms with Crippen molar-refractivity contribution < 1.29 is 4.74 Å². The van der Waals surface area contributed by atoms with Gasteiger partial charge in [0.1, 0.15) is 0 Å². The first-order chi connectivity index (χ1) is 8.33. The summed E-state index contributed by atoms with van der Waals surface area (Å²) >= 11 is 0. The van der Waals surface area contributed by atoms with Crippen LogP contribution in [0.1, 0.15) is 51.4 Å². The molecule has 2 nitrogen and oxygen atoms in total. The quantitative estimate of drug-likeness (QED) is 0.746. The molecule has 2 fully saturated rings. The second kappa shape index (κ2) is 6.40. The van der Waals surface area contributed by atoms with Gasteiger partial charge in [-0.05, 0) is 69.1 Å². The zero-order valence-corrected chi connectivity index (χ0v) is 11.0. The van der Waals surface area contributed by atoms with Crippen LogP contribution in [0, 0.1) is 35.0 Å². The van der Waals surface area contributed by atoms with E-state index in [0.29, 0.717) is 5.92 Å². The van der Waals surface area contributed by atoms with Gasteiger partial charge >= 0.3 is 0 Å². The summed E-state index contributed by atoms with van der Waals surface area (Å²) in [7, 11) is 1.81. The minimum absolute atomic E-state index is 0.357. The molecule has 2 saturated carbocycles. The Kier molecular flexibility index (Phi) is 4.86. The van der Waals surface area contributed by atoms with Crippen LogP contribution < -0.4 is 0 Å². The molecule has 0 aromatic heterocycles. The molecular formula is C15H25NO. The third-order valence-corrected chi connectivity index (χ3v) is 4.91. The van der Waals surface area contributed by atoms with E-state index in [9.17, 15) is 0 Å². The lowest BCUT2D eigenvalue weighted by atomic mass is 9.69. The predicted octanol–water partition coefficient (Wildman–Crippen LogP) is 3.77. The Morgan fingerprint density at radius 1 is 0.941 bits per heavy atom. The molecule has 0 heterocycles. The molecule has 2 heteroatoms. The highest BCUT2D eigenvalue weighted by Crippen LogP contribution is 2.41. The number of hydrogen-bond donors (Lipinski definition) is 0. The summed E-state index contributed by atoms with van der Waals surface area (Å²) < 4.78 is 5.25. The second-order valence-corrected chi connectivity index (χ2v) is 5.98. The molecule has 0 radical (unpaired) electrons. The standard InChI is InChI=1S/C15H25NO/c1-17-11-13-4-8-15(9-5-13)14-6-2-12(10-16)3-7-14/h12-15H,2-9,11H2,1H3. The third-order valence-electron chi connectivity index (χ3n) is 4.91. The second-order valence-electron chi connectivity index (χ2n) is 5.98. The van der Waals surface area contributed by atoms with Gasteiger partial charge in [-0.25, -0.2) is 0 Å². The smallest absolute Gasteiger partial charge is 0.0655 e. The highest BCUT2D eigenvalue weighted by molar-refractivity contribution is 4.89. The van der Waals surface area contributed by atoms with Crippen LogP contribution in [0.2, 0.25) is 0 Å². The van der Waals surface area contributed by atoms with Crippen LogP contribution in [0.25, 0.3) is 0 Å². The van der Waals surface area contributed by atoms with Crippen LogP contribution in [0.5, 0.6) is 0 Å². The fourth-order valence-corrected chi connectivity index (χ4v) is 3.78. The Bertz CT molecular complexity index is 255. The van der Waals surface area contributed by atoms with Crippen LogP contribution in [-0.2, 0) is 4.74 Å². The average molecular weight is 235 g/mol. The predicted molar refractivity (Wildman–Crippen MR) is 68.4 cm³/mol. The van der Waals surface area contributed by atoms with Gasteiger partial charge in [-0.3, -0.25) is 0 Å². The summed E-state index contributed by atoms with van der Waals surface area (Å²) in [6.45, 7) is 0.952. The zero-order chi connectivity index (χ0) is 12.1. The molecule has 0 amide bonds. The van der Waals surface area contributed by atoms with Gasteiger partial charge < -0.3 is 4.74 Å².